The van der Waals surface area contributed by atoms with Crippen molar-refractivity contribution < 1.29 is 39.0 Å². The molecule has 2 bridgehead atoms. The van der Waals surface area contributed by atoms with Crippen molar-refractivity contribution in [2.24, 2.45) is 17.8 Å². The van der Waals surface area contributed by atoms with E-state index in [1.807, 2.05) is 0 Å². The first kappa shape index (κ1) is 26.9. The minimum absolute atomic E-state index is 0.000409. The van der Waals surface area contributed by atoms with Gasteiger partial charge < -0.3 is 5.32 Å². The molecule has 2 saturated carbocycles. The number of hydrogen-bond acceptors (Lipinski definition) is 6. The first-order valence-electron chi connectivity index (χ1n) is 11.1. The predicted molar refractivity (Wildman–Crippen MR) is 126 cm³/mol. The monoisotopic (exact) mass is 565 g/mol. The molecular formula is C23H23ClF3NO6S2. The summed E-state index contributed by atoms with van der Waals surface area (Å²) >= 11 is 6.23. The second-order valence-electron chi connectivity index (χ2n) is 9.29. The summed E-state index contributed by atoms with van der Waals surface area (Å²) in [4.78, 5) is 12.4. The summed E-state index contributed by atoms with van der Waals surface area (Å²) in [7, 11) is -7.59. The van der Waals surface area contributed by atoms with Crippen molar-refractivity contribution in [1.82, 2.24) is 0 Å². The second-order valence-corrected chi connectivity index (χ2v) is 13.4. The Morgan fingerprint density at radius 2 is 1.61 bits per heavy atom. The molecule has 0 radical (unpaired) electrons. The van der Waals surface area contributed by atoms with Crippen LogP contribution in [0.4, 0.5) is 18.9 Å². The van der Waals surface area contributed by atoms with E-state index in [1.54, 1.807) is 0 Å². The highest BCUT2D eigenvalue weighted by atomic mass is 35.5. The molecule has 2 fully saturated rings. The zero-order valence-corrected chi connectivity index (χ0v) is 21.4. The maximum atomic E-state index is 13.7. The largest absolute Gasteiger partial charge is 0.322 e. The number of nitrogens with one attached hydrogen (secondary N) is 1. The minimum atomic E-state index is -3.98. The van der Waals surface area contributed by atoms with Crippen LogP contribution in [0, 0.1) is 35.2 Å². The Morgan fingerprint density at radius 1 is 1.03 bits per heavy atom. The molecule has 0 spiro atoms. The van der Waals surface area contributed by atoms with E-state index in [-0.39, 0.29) is 45.5 Å². The van der Waals surface area contributed by atoms with Crippen molar-refractivity contribution in [3.05, 3.63) is 58.4 Å². The molecule has 1 N–H and O–H groups in total. The molecule has 13 heteroatoms. The molecule has 2 aromatic rings. The van der Waals surface area contributed by atoms with E-state index in [0.29, 0.717) is 37.8 Å². The van der Waals surface area contributed by atoms with E-state index in [1.165, 1.54) is 12.1 Å². The zero-order chi connectivity index (χ0) is 26.4. The first-order chi connectivity index (χ1) is 16.8. The smallest absolute Gasteiger partial charge is 0.264 e. The number of halogens is 4. The number of sulfone groups is 1. The Morgan fingerprint density at radius 3 is 2.17 bits per heavy atom. The lowest BCUT2D eigenvalue weighted by molar-refractivity contribution is 0.102. The summed E-state index contributed by atoms with van der Waals surface area (Å²) < 4.78 is 95.1. The van der Waals surface area contributed by atoms with E-state index in [9.17, 15) is 34.8 Å². The van der Waals surface area contributed by atoms with Gasteiger partial charge in [0.05, 0.1) is 28.0 Å². The van der Waals surface area contributed by atoms with Gasteiger partial charge in [0.1, 0.15) is 0 Å². The van der Waals surface area contributed by atoms with Crippen LogP contribution in [-0.2, 0) is 24.1 Å². The minimum Gasteiger partial charge on any atom is -0.322 e. The number of carbonyl (C=O) groups excluding carboxylic acids is 1. The van der Waals surface area contributed by atoms with Crippen molar-refractivity contribution in [1.29, 1.82) is 0 Å². The fourth-order valence-corrected chi connectivity index (χ4v) is 8.61. The summed E-state index contributed by atoms with van der Waals surface area (Å²) in [6.45, 7) is -0.000409. The fraction of sp³-hybridized carbons (Fsp3) is 0.435. The van der Waals surface area contributed by atoms with Gasteiger partial charge in [0.15, 0.2) is 27.3 Å². The summed E-state index contributed by atoms with van der Waals surface area (Å²) in [5.41, 5.74) is -0.464. The molecule has 2 atom stereocenters. The van der Waals surface area contributed by atoms with Crippen LogP contribution in [-0.4, -0.2) is 40.9 Å². The van der Waals surface area contributed by atoms with Crippen molar-refractivity contribution in [2.75, 3.05) is 18.2 Å². The Kier molecular flexibility index (Phi) is 7.44. The van der Waals surface area contributed by atoms with Gasteiger partial charge in [-0.3, -0.25) is 8.98 Å². The molecule has 0 aliphatic heterocycles. The van der Waals surface area contributed by atoms with Crippen molar-refractivity contribution >= 4 is 43.2 Å². The number of fused-ring (bicyclic) bond motifs is 2. The number of anilines is 1. The Balaban J connectivity index is 1.56. The molecule has 4 rings (SSSR count). The third-order valence-corrected chi connectivity index (χ3v) is 10.2. The average molecular weight is 566 g/mol. The second kappa shape index (κ2) is 9.96. The molecule has 36 heavy (non-hydrogen) atoms. The number of benzene rings is 2. The lowest BCUT2D eigenvalue weighted by atomic mass is 9.81. The molecule has 2 aromatic carbocycles. The van der Waals surface area contributed by atoms with E-state index in [4.69, 9.17) is 15.8 Å². The molecule has 196 valence electrons. The third-order valence-electron chi connectivity index (χ3n) is 6.73. The molecule has 2 aliphatic carbocycles. The number of amides is 1. The van der Waals surface area contributed by atoms with E-state index >= 15 is 0 Å². The molecule has 2 unspecified atom stereocenters. The average Bonchev–Trinajstić information content (AvgIpc) is 3.07. The molecule has 0 heterocycles. The summed E-state index contributed by atoms with van der Waals surface area (Å²) in [5, 5.41) is 1.40. The third kappa shape index (κ3) is 5.56. The van der Waals surface area contributed by atoms with Crippen LogP contribution >= 0.6 is 11.6 Å². The molecule has 1 amide bonds. The quantitative estimate of drug-likeness (QED) is 0.389. The summed E-state index contributed by atoms with van der Waals surface area (Å²) in [6.07, 6.45) is 3.24. The molecule has 2 aliphatic rings. The van der Waals surface area contributed by atoms with Gasteiger partial charge in [-0.15, -0.1) is 0 Å². The fourth-order valence-electron chi connectivity index (χ4n) is 5.30. The molecule has 7 nitrogen and oxygen atoms in total. The van der Waals surface area contributed by atoms with Crippen LogP contribution in [0.3, 0.4) is 0 Å². The van der Waals surface area contributed by atoms with E-state index < -0.39 is 48.6 Å². The first-order valence-corrected chi connectivity index (χ1v) is 14.8. The van der Waals surface area contributed by atoms with Crippen molar-refractivity contribution in [3.8, 4) is 0 Å². The van der Waals surface area contributed by atoms with Crippen LogP contribution in [0.5, 0.6) is 0 Å². The maximum absolute atomic E-state index is 13.7. The standard InChI is InChI=1S/C23H23ClF3NO6S2/c1-35(30,31)34-11-12-6-13-2-3-14(7-12)22(13)36(32,33)20-8-15(4-5-17(20)24)23(29)28-16-9-18(25)21(27)19(26)10-16/h4-5,8-10,12-14,22H,2-3,6-7,11H2,1H3,(H,28,29). The Bertz CT molecular complexity index is 1380. The van der Waals surface area contributed by atoms with Gasteiger partial charge in [-0.2, -0.15) is 8.42 Å². The van der Waals surface area contributed by atoms with Gasteiger partial charge in [0.25, 0.3) is 16.0 Å². The molecule has 0 aromatic heterocycles. The zero-order valence-electron chi connectivity index (χ0n) is 19.0. The van der Waals surface area contributed by atoms with E-state index in [0.717, 1.165) is 12.3 Å². The van der Waals surface area contributed by atoms with Gasteiger partial charge >= 0.3 is 0 Å². The number of carbonyl (C=O) groups is 1. The number of hydrogen-bond donors (Lipinski definition) is 1. The Labute approximate surface area is 212 Å². The van der Waals surface area contributed by atoms with E-state index in [2.05, 4.69) is 5.32 Å². The van der Waals surface area contributed by atoms with Crippen LogP contribution in [0.15, 0.2) is 35.2 Å². The van der Waals surface area contributed by atoms with Crippen LogP contribution in [0.1, 0.15) is 36.0 Å². The van der Waals surface area contributed by atoms with Crippen molar-refractivity contribution in [2.45, 2.75) is 35.8 Å². The lowest BCUT2D eigenvalue weighted by Gasteiger charge is -2.34. The van der Waals surface area contributed by atoms with Gasteiger partial charge in [0, 0.05) is 23.4 Å². The van der Waals surface area contributed by atoms with Gasteiger partial charge in [0.2, 0.25) is 0 Å². The summed E-state index contributed by atoms with van der Waals surface area (Å²) in [5.74, 6) is -6.05. The van der Waals surface area contributed by atoms with Gasteiger partial charge in [-0.1, -0.05) is 11.6 Å². The lowest BCUT2D eigenvalue weighted by Crippen LogP contribution is -2.38. The van der Waals surface area contributed by atoms with Crippen molar-refractivity contribution in [3.63, 3.8) is 0 Å². The van der Waals surface area contributed by atoms with Crippen LogP contribution in [0.25, 0.3) is 0 Å². The normalized spacial score (nSPS) is 24.0. The Hall–Kier alpha value is -2.15. The SMILES string of the molecule is CS(=O)(=O)OCC1CC2CCC(C1)C2S(=O)(=O)c1cc(C(=O)Nc2cc(F)c(F)c(F)c2)ccc1Cl. The van der Waals surface area contributed by atoms with Crippen LogP contribution in [0.2, 0.25) is 5.02 Å². The maximum Gasteiger partial charge on any atom is 0.264 e. The van der Waals surface area contributed by atoms with Gasteiger partial charge in [-0.25, -0.2) is 21.6 Å². The topological polar surface area (TPSA) is 107 Å². The number of rotatable bonds is 7. The van der Waals surface area contributed by atoms with Crippen LogP contribution < -0.4 is 5.32 Å². The highest BCUT2D eigenvalue weighted by Crippen LogP contribution is 2.50. The molecular weight excluding hydrogens is 543 g/mol. The highest BCUT2D eigenvalue weighted by Gasteiger charge is 2.50. The highest BCUT2D eigenvalue weighted by molar-refractivity contribution is 7.92. The predicted octanol–water partition coefficient (Wildman–Crippen LogP) is 4.56. The summed E-state index contributed by atoms with van der Waals surface area (Å²) in [6, 6.07) is 4.84. The van der Waals surface area contributed by atoms with Gasteiger partial charge in [-0.05, 0) is 61.6 Å². The molecule has 0 saturated heterocycles.